The van der Waals surface area contributed by atoms with E-state index in [0.29, 0.717) is 28.4 Å². The molecule has 0 aliphatic carbocycles. The average molecular weight is 421 g/mol. The van der Waals surface area contributed by atoms with Crippen LogP contribution in [0.25, 0.3) is 0 Å². The molecule has 0 atom stereocenters. The van der Waals surface area contributed by atoms with Crippen LogP contribution in [0.4, 0.5) is 11.4 Å². The number of hydrogen-bond donors (Lipinski definition) is 4. The van der Waals surface area contributed by atoms with Crippen LogP contribution in [0.1, 0.15) is 23.7 Å². The summed E-state index contributed by atoms with van der Waals surface area (Å²) >= 11 is 16.2. The molecular formula is C18H17ClN4O2S2. The summed E-state index contributed by atoms with van der Waals surface area (Å²) in [6.45, 7) is 1.74. The van der Waals surface area contributed by atoms with Gasteiger partial charge < -0.3 is 16.0 Å². The maximum Gasteiger partial charge on any atom is 0.258 e. The van der Waals surface area contributed by atoms with Crippen molar-refractivity contribution in [1.29, 1.82) is 0 Å². The lowest BCUT2D eigenvalue weighted by molar-refractivity contribution is -0.119. The molecule has 6 nitrogen and oxygen atoms in total. The number of carbonyl (C=O) groups excluding carboxylic acids is 2. The Morgan fingerprint density at radius 1 is 0.889 bits per heavy atom. The Balaban J connectivity index is 1.89. The minimum atomic E-state index is -0.395. The van der Waals surface area contributed by atoms with E-state index in [2.05, 4.69) is 21.3 Å². The smallest absolute Gasteiger partial charge is 0.258 e. The summed E-state index contributed by atoms with van der Waals surface area (Å²) < 4.78 is 0. The number of rotatable bonds is 4. The summed E-state index contributed by atoms with van der Waals surface area (Å²) in [6, 6.07) is 13.7. The second-order valence-electron chi connectivity index (χ2n) is 5.32. The maximum atomic E-state index is 12.2. The van der Waals surface area contributed by atoms with Crippen molar-refractivity contribution in [3.8, 4) is 0 Å². The van der Waals surface area contributed by atoms with Crippen molar-refractivity contribution in [2.75, 3.05) is 10.6 Å². The predicted molar refractivity (Wildman–Crippen MR) is 116 cm³/mol. The van der Waals surface area contributed by atoms with Crippen molar-refractivity contribution in [2.24, 2.45) is 0 Å². The highest BCUT2D eigenvalue weighted by Gasteiger charge is 2.11. The number of thiocarbonyl (C=S) groups is 2. The first-order valence-electron chi connectivity index (χ1n) is 7.96. The quantitative estimate of drug-likeness (QED) is 0.565. The lowest BCUT2D eigenvalue weighted by atomic mass is 10.2. The molecule has 0 saturated carbocycles. The van der Waals surface area contributed by atoms with E-state index in [1.807, 2.05) is 0 Å². The molecule has 0 bridgehead atoms. The molecule has 0 aromatic heterocycles. The van der Waals surface area contributed by atoms with Crippen molar-refractivity contribution in [1.82, 2.24) is 10.6 Å². The fraction of sp³-hybridized carbons (Fsp3) is 0.111. The van der Waals surface area contributed by atoms with E-state index in [1.54, 1.807) is 55.5 Å². The van der Waals surface area contributed by atoms with E-state index < -0.39 is 5.91 Å². The zero-order valence-electron chi connectivity index (χ0n) is 14.3. The van der Waals surface area contributed by atoms with Crippen LogP contribution in [-0.4, -0.2) is 22.0 Å². The average Bonchev–Trinajstić information content (AvgIpc) is 2.63. The molecule has 9 heteroatoms. The lowest BCUT2D eigenvalue weighted by Gasteiger charge is -2.12. The van der Waals surface area contributed by atoms with Crippen LogP contribution in [-0.2, 0) is 4.79 Å². The van der Waals surface area contributed by atoms with Gasteiger partial charge in [0.15, 0.2) is 10.2 Å². The minimum Gasteiger partial charge on any atom is -0.332 e. The van der Waals surface area contributed by atoms with Gasteiger partial charge in [0.25, 0.3) is 5.91 Å². The Labute approximate surface area is 172 Å². The van der Waals surface area contributed by atoms with E-state index in [0.717, 1.165) is 0 Å². The minimum absolute atomic E-state index is 0.145. The molecule has 2 rings (SSSR count). The van der Waals surface area contributed by atoms with Gasteiger partial charge in [0, 0.05) is 17.8 Å². The van der Waals surface area contributed by atoms with Crippen LogP contribution in [0.3, 0.4) is 0 Å². The second kappa shape index (κ2) is 9.96. The van der Waals surface area contributed by atoms with Crippen LogP contribution in [0.2, 0.25) is 5.02 Å². The van der Waals surface area contributed by atoms with E-state index in [1.165, 1.54) is 0 Å². The van der Waals surface area contributed by atoms with Crippen molar-refractivity contribution in [3.05, 3.63) is 59.1 Å². The number of carbonyl (C=O) groups is 2. The Hall–Kier alpha value is -2.55. The summed E-state index contributed by atoms with van der Waals surface area (Å²) in [5, 5.41) is 11.7. The number of benzene rings is 2. The van der Waals surface area contributed by atoms with Crippen LogP contribution in [0.5, 0.6) is 0 Å². The molecule has 2 amide bonds. The van der Waals surface area contributed by atoms with Crippen molar-refractivity contribution >= 4 is 69.5 Å². The molecule has 0 heterocycles. The second-order valence-corrected chi connectivity index (χ2v) is 6.54. The molecule has 0 radical (unpaired) electrons. The SMILES string of the molecule is CCC(=O)NC(=S)Nc1ccc(NC(=S)NC(=O)c2ccccc2Cl)cc1. The van der Waals surface area contributed by atoms with Gasteiger partial charge in [-0.15, -0.1) is 0 Å². The van der Waals surface area contributed by atoms with E-state index in [9.17, 15) is 9.59 Å². The molecule has 0 fully saturated rings. The molecule has 2 aromatic carbocycles. The van der Waals surface area contributed by atoms with E-state index >= 15 is 0 Å². The van der Waals surface area contributed by atoms with Gasteiger partial charge in [0.2, 0.25) is 5.91 Å². The largest absolute Gasteiger partial charge is 0.332 e. The van der Waals surface area contributed by atoms with Gasteiger partial charge in [-0.3, -0.25) is 14.9 Å². The number of halogens is 1. The first-order valence-corrected chi connectivity index (χ1v) is 9.16. The van der Waals surface area contributed by atoms with Crippen LogP contribution in [0.15, 0.2) is 48.5 Å². The van der Waals surface area contributed by atoms with Crippen molar-refractivity contribution < 1.29 is 9.59 Å². The van der Waals surface area contributed by atoms with Crippen LogP contribution >= 0.6 is 36.0 Å². The van der Waals surface area contributed by atoms with Gasteiger partial charge >= 0.3 is 0 Å². The number of anilines is 2. The van der Waals surface area contributed by atoms with Crippen molar-refractivity contribution in [2.45, 2.75) is 13.3 Å². The summed E-state index contributed by atoms with van der Waals surface area (Å²) in [4.78, 5) is 23.5. The summed E-state index contributed by atoms with van der Waals surface area (Å²) in [5.74, 6) is -0.557. The molecule has 0 unspecified atom stereocenters. The highest BCUT2D eigenvalue weighted by atomic mass is 35.5. The molecule has 0 spiro atoms. The maximum absolute atomic E-state index is 12.2. The third kappa shape index (κ3) is 6.59. The van der Waals surface area contributed by atoms with Gasteiger partial charge in [-0.25, -0.2) is 0 Å². The van der Waals surface area contributed by atoms with Crippen molar-refractivity contribution in [3.63, 3.8) is 0 Å². The molecular weight excluding hydrogens is 404 g/mol. The zero-order chi connectivity index (χ0) is 19.8. The van der Waals surface area contributed by atoms with Gasteiger partial charge in [-0.05, 0) is 60.8 Å². The molecule has 27 heavy (non-hydrogen) atoms. The zero-order valence-corrected chi connectivity index (χ0v) is 16.7. The molecule has 0 aliphatic rings. The van der Waals surface area contributed by atoms with Gasteiger partial charge in [0.1, 0.15) is 0 Å². The summed E-state index contributed by atoms with van der Waals surface area (Å²) in [7, 11) is 0. The Kier molecular flexibility index (Phi) is 7.66. The summed E-state index contributed by atoms with van der Waals surface area (Å²) in [5.41, 5.74) is 1.71. The normalized spacial score (nSPS) is 9.85. The van der Waals surface area contributed by atoms with E-state index in [-0.39, 0.29) is 16.1 Å². The predicted octanol–water partition coefficient (Wildman–Crippen LogP) is 3.69. The highest BCUT2D eigenvalue weighted by Crippen LogP contribution is 2.15. The Morgan fingerprint density at radius 3 is 1.93 bits per heavy atom. The molecule has 4 N–H and O–H groups in total. The molecule has 0 saturated heterocycles. The van der Waals surface area contributed by atoms with Gasteiger partial charge in [-0.2, -0.15) is 0 Å². The standard InChI is InChI=1S/C18H17ClN4O2S2/c1-2-15(24)22-17(26)20-11-7-9-12(10-8-11)21-18(27)23-16(25)13-5-3-4-6-14(13)19/h3-10H,2H2,1H3,(H2,20,22,24,26)(H2,21,23,25,27). The first-order chi connectivity index (χ1) is 12.9. The number of hydrogen-bond acceptors (Lipinski definition) is 4. The third-order valence-electron chi connectivity index (χ3n) is 3.32. The van der Waals surface area contributed by atoms with Crippen LogP contribution < -0.4 is 21.3 Å². The topological polar surface area (TPSA) is 82.3 Å². The fourth-order valence-electron chi connectivity index (χ4n) is 1.99. The molecule has 140 valence electrons. The summed E-state index contributed by atoms with van der Waals surface area (Å²) in [6.07, 6.45) is 0.349. The lowest BCUT2D eigenvalue weighted by Crippen LogP contribution is -2.34. The van der Waals surface area contributed by atoms with Gasteiger partial charge in [-0.1, -0.05) is 30.7 Å². The molecule has 0 aliphatic heterocycles. The number of amides is 2. The Bertz CT molecular complexity index is 872. The monoisotopic (exact) mass is 420 g/mol. The Morgan fingerprint density at radius 2 is 1.41 bits per heavy atom. The van der Waals surface area contributed by atoms with Crippen LogP contribution in [0, 0.1) is 0 Å². The molecule has 2 aromatic rings. The van der Waals surface area contributed by atoms with E-state index in [4.69, 9.17) is 36.0 Å². The number of nitrogens with one attached hydrogen (secondary N) is 4. The third-order valence-corrected chi connectivity index (χ3v) is 4.06. The van der Waals surface area contributed by atoms with Gasteiger partial charge in [0.05, 0.1) is 10.6 Å². The fourth-order valence-corrected chi connectivity index (χ4v) is 2.66. The first kappa shape index (κ1) is 20.8. The highest BCUT2D eigenvalue weighted by molar-refractivity contribution is 7.80.